The van der Waals surface area contributed by atoms with Crippen LogP contribution in [0.2, 0.25) is 0 Å². The molecular formula is C41H44N2O5S. The van der Waals surface area contributed by atoms with Gasteiger partial charge in [0.05, 0.1) is 23.7 Å². The van der Waals surface area contributed by atoms with E-state index < -0.39 is 16.3 Å². The third kappa shape index (κ3) is 8.19. The van der Waals surface area contributed by atoms with Gasteiger partial charge in [-0.1, -0.05) is 128 Å². The third-order valence-corrected chi connectivity index (χ3v) is 11.0. The number of nitrogens with one attached hydrogen (secondary N) is 1. The quantitative estimate of drug-likeness (QED) is 0.140. The zero-order chi connectivity index (χ0) is 34.4. The van der Waals surface area contributed by atoms with Gasteiger partial charge in [-0.15, -0.1) is 0 Å². The molecule has 49 heavy (non-hydrogen) atoms. The number of aliphatic hydroxyl groups is 1. The van der Waals surface area contributed by atoms with Crippen LogP contribution in [0.25, 0.3) is 11.1 Å². The molecule has 0 radical (unpaired) electrons. The first-order valence-corrected chi connectivity index (χ1v) is 18.2. The molecule has 1 aliphatic rings. The van der Waals surface area contributed by atoms with Gasteiger partial charge in [0.15, 0.2) is 6.29 Å². The summed E-state index contributed by atoms with van der Waals surface area (Å²) in [6.07, 6.45) is -0.920. The summed E-state index contributed by atoms with van der Waals surface area (Å²) in [6, 6.07) is 43.0. The Bertz CT molecular complexity index is 1900. The topological polar surface area (TPSA) is 88.1 Å². The zero-order valence-electron chi connectivity index (χ0n) is 28.1. The van der Waals surface area contributed by atoms with E-state index in [4.69, 9.17) is 9.47 Å². The van der Waals surface area contributed by atoms with E-state index in [1.807, 2.05) is 78.9 Å². The summed E-state index contributed by atoms with van der Waals surface area (Å²) >= 11 is 0. The Morgan fingerprint density at radius 3 is 2.06 bits per heavy atom. The van der Waals surface area contributed by atoms with Crippen LogP contribution in [0.1, 0.15) is 60.1 Å². The van der Waals surface area contributed by atoms with Crippen molar-refractivity contribution < 1.29 is 23.0 Å². The standard InChI is InChI=1S/C41H44N2O5S/c1-29-39(27-43(3)30(2)32-12-6-4-7-13-32)47-41(48-40(29)34-20-18-31(28-44)19-21-34)35-24-22-33(23-25-35)38-17-11-10-14-36(38)26-42-49(45,46)37-15-8-5-9-16-37/h4-25,29-30,39-42,44H,26-28H2,1-3H3/t29-,30-,39+,40+,41+/m0/s1. The summed E-state index contributed by atoms with van der Waals surface area (Å²) in [6.45, 7) is 5.26. The van der Waals surface area contributed by atoms with Crippen molar-refractivity contribution in [2.24, 2.45) is 5.92 Å². The number of sulfonamides is 1. The Balaban J connectivity index is 1.23. The molecule has 0 saturated carbocycles. The van der Waals surface area contributed by atoms with E-state index in [-0.39, 0.29) is 42.2 Å². The molecular weight excluding hydrogens is 633 g/mol. The monoisotopic (exact) mass is 676 g/mol. The van der Waals surface area contributed by atoms with Crippen LogP contribution in [0.3, 0.4) is 0 Å². The SMILES string of the molecule is C[C@H]1[C@@H](CN(C)[C@@H](C)c2ccccc2)O[C@@H](c2ccc(-c3ccccc3CNS(=O)(=O)c3ccccc3)cc2)O[C@H]1c1ccc(CO)cc1. The number of hydrogen-bond donors (Lipinski definition) is 2. The van der Waals surface area contributed by atoms with Gasteiger partial charge >= 0.3 is 0 Å². The molecule has 1 saturated heterocycles. The second-order valence-corrected chi connectivity index (χ2v) is 14.5. The molecule has 5 aromatic carbocycles. The van der Waals surface area contributed by atoms with Gasteiger partial charge in [-0.25, -0.2) is 13.1 Å². The second kappa shape index (κ2) is 15.6. The van der Waals surface area contributed by atoms with E-state index >= 15 is 0 Å². The molecule has 7 nitrogen and oxygen atoms in total. The maximum atomic E-state index is 12.9. The highest BCUT2D eigenvalue weighted by molar-refractivity contribution is 7.89. The second-order valence-electron chi connectivity index (χ2n) is 12.8. The summed E-state index contributed by atoms with van der Waals surface area (Å²) in [5.74, 6) is 0.0625. The molecule has 6 rings (SSSR count). The number of aliphatic hydroxyl groups excluding tert-OH is 1. The highest BCUT2D eigenvalue weighted by atomic mass is 32.2. The highest BCUT2D eigenvalue weighted by Crippen LogP contribution is 2.42. The number of hydrogen-bond acceptors (Lipinski definition) is 6. The van der Waals surface area contributed by atoms with E-state index in [9.17, 15) is 13.5 Å². The van der Waals surface area contributed by atoms with Gasteiger partial charge in [-0.3, -0.25) is 4.90 Å². The predicted octanol–water partition coefficient (Wildman–Crippen LogP) is 7.81. The highest BCUT2D eigenvalue weighted by Gasteiger charge is 2.39. The Labute approximate surface area is 290 Å². The lowest BCUT2D eigenvalue weighted by molar-refractivity contribution is -0.276. The smallest absolute Gasteiger partial charge is 0.240 e. The molecule has 5 aromatic rings. The van der Waals surface area contributed by atoms with Crippen molar-refractivity contribution >= 4 is 10.0 Å². The fourth-order valence-corrected chi connectivity index (χ4v) is 7.42. The molecule has 254 valence electrons. The molecule has 5 atom stereocenters. The number of rotatable bonds is 12. The molecule has 8 heteroatoms. The average molecular weight is 677 g/mol. The summed E-state index contributed by atoms with van der Waals surface area (Å²) in [5, 5.41) is 9.62. The first kappa shape index (κ1) is 34.7. The number of ether oxygens (including phenoxy) is 2. The first-order chi connectivity index (χ1) is 23.7. The summed E-state index contributed by atoms with van der Waals surface area (Å²) in [4.78, 5) is 2.57. The largest absolute Gasteiger partial charge is 0.392 e. The minimum Gasteiger partial charge on any atom is -0.392 e. The van der Waals surface area contributed by atoms with Crippen LogP contribution in [0.5, 0.6) is 0 Å². The minimum atomic E-state index is -3.65. The van der Waals surface area contributed by atoms with Crippen LogP contribution in [0, 0.1) is 5.92 Å². The molecule has 1 heterocycles. The van der Waals surface area contributed by atoms with Crippen LogP contribution >= 0.6 is 0 Å². The van der Waals surface area contributed by atoms with Crippen molar-refractivity contribution in [1.82, 2.24) is 9.62 Å². The third-order valence-electron chi connectivity index (χ3n) is 9.55. The lowest BCUT2D eigenvalue weighted by Crippen LogP contribution is -2.44. The normalized spacial score (nSPS) is 20.3. The fraction of sp³-hybridized carbons (Fsp3) is 0.268. The van der Waals surface area contributed by atoms with Gasteiger partial charge in [0, 0.05) is 30.6 Å². The summed E-state index contributed by atoms with van der Waals surface area (Å²) < 4.78 is 42.0. The van der Waals surface area contributed by atoms with Gasteiger partial charge in [-0.2, -0.15) is 0 Å². The van der Waals surface area contributed by atoms with Crippen molar-refractivity contribution in [3.05, 3.63) is 161 Å². The van der Waals surface area contributed by atoms with Crippen LogP contribution < -0.4 is 4.72 Å². The Kier molecular flexibility index (Phi) is 11.0. The molecule has 0 amide bonds. The van der Waals surface area contributed by atoms with Gasteiger partial charge in [0.25, 0.3) is 0 Å². The van der Waals surface area contributed by atoms with E-state index in [0.29, 0.717) is 6.54 Å². The van der Waals surface area contributed by atoms with Crippen LogP contribution in [0.4, 0.5) is 0 Å². The molecule has 1 fully saturated rings. The summed E-state index contributed by atoms with van der Waals surface area (Å²) in [7, 11) is -1.52. The molecule has 2 N–H and O–H groups in total. The minimum absolute atomic E-state index is 0.00767. The Morgan fingerprint density at radius 2 is 1.39 bits per heavy atom. The van der Waals surface area contributed by atoms with E-state index in [1.54, 1.807) is 30.3 Å². The lowest BCUT2D eigenvalue weighted by Gasteiger charge is -2.43. The average Bonchev–Trinajstić information content (AvgIpc) is 3.15. The molecule has 0 aromatic heterocycles. The number of likely N-dealkylation sites (N-methyl/N-ethyl adjacent to an activating group) is 1. The molecule has 0 unspecified atom stereocenters. The van der Waals surface area contributed by atoms with Crippen molar-refractivity contribution in [2.75, 3.05) is 13.6 Å². The Morgan fingerprint density at radius 1 is 0.776 bits per heavy atom. The number of nitrogens with zero attached hydrogens (tertiary/aromatic N) is 1. The zero-order valence-corrected chi connectivity index (χ0v) is 29.0. The van der Waals surface area contributed by atoms with Crippen molar-refractivity contribution in [3.8, 4) is 11.1 Å². The number of benzene rings is 5. The predicted molar refractivity (Wildman–Crippen MR) is 193 cm³/mol. The van der Waals surface area contributed by atoms with E-state index in [1.165, 1.54) is 5.56 Å². The molecule has 0 aliphatic carbocycles. The van der Waals surface area contributed by atoms with Gasteiger partial charge in [0.2, 0.25) is 10.0 Å². The fourth-order valence-electron chi connectivity index (χ4n) is 6.39. The lowest BCUT2D eigenvalue weighted by atomic mass is 9.89. The van der Waals surface area contributed by atoms with Gasteiger partial charge < -0.3 is 14.6 Å². The Hall–Kier alpha value is -4.15. The molecule has 0 bridgehead atoms. The van der Waals surface area contributed by atoms with E-state index in [0.717, 1.165) is 33.4 Å². The van der Waals surface area contributed by atoms with Crippen LogP contribution in [-0.4, -0.2) is 38.1 Å². The molecule has 1 aliphatic heterocycles. The molecule has 0 spiro atoms. The van der Waals surface area contributed by atoms with Crippen molar-refractivity contribution in [1.29, 1.82) is 0 Å². The van der Waals surface area contributed by atoms with Crippen molar-refractivity contribution in [2.45, 2.75) is 56.4 Å². The van der Waals surface area contributed by atoms with Gasteiger partial charge in [0.1, 0.15) is 0 Å². The maximum Gasteiger partial charge on any atom is 0.240 e. The van der Waals surface area contributed by atoms with Crippen molar-refractivity contribution in [3.63, 3.8) is 0 Å². The van der Waals surface area contributed by atoms with E-state index in [2.05, 4.69) is 54.8 Å². The van der Waals surface area contributed by atoms with Gasteiger partial charge in [-0.05, 0) is 59.5 Å². The maximum absolute atomic E-state index is 12.9. The first-order valence-electron chi connectivity index (χ1n) is 16.7. The van der Waals surface area contributed by atoms with Crippen LogP contribution in [0.15, 0.2) is 138 Å². The van der Waals surface area contributed by atoms with Crippen LogP contribution in [-0.2, 0) is 32.6 Å². The summed E-state index contributed by atoms with van der Waals surface area (Å²) in [5.41, 5.74) is 6.84.